The topological polar surface area (TPSA) is 58.6 Å². The fourth-order valence-electron chi connectivity index (χ4n) is 2.66. The lowest BCUT2D eigenvalue weighted by Crippen LogP contribution is -2.41. The van der Waals surface area contributed by atoms with Crippen LogP contribution in [0.15, 0.2) is 24.3 Å². The van der Waals surface area contributed by atoms with Crippen molar-refractivity contribution < 1.29 is 14.3 Å². The maximum absolute atomic E-state index is 12.5. The molecule has 22 heavy (non-hydrogen) atoms. The van der Waals surface area contributed by atoms with Gasteiger partial charge in [-0.1, -0.05) is 0 Å². The zero-order valence-electron chi connectivity index (χ0n) is 13.5. The van der Waals surface area contributed by atoms with Crippen LogP contribution in [-0.4, -0.2) is 42.0 Å². The number of carbonyl (C=O) groups excluding carboxylic acids is 2. The summed E-state index contributed by atoms with van der Waals surface area (Å²) >= 11 is 0. The lowest BCUT2D eigenvalue weighted by Gasteiger charge is -2.33. The molecule has 2 rings (SSSR count). The number of hydrogen-bond acceptors (Lipinski definition) is 3. The summed E-state index contributed by atoms with van der Waals surface area (Å²) in [5.74, 6) is -0.0799. The minimum Gasteiger partial charge on any atom is -0.375 e. The Bertz CT molecular complexity index is 517. The molecular formula is C17H24N2O3. The van der Waals surface area contributed by atoms with E-state index in [1.807, 2.05) is 18.7 Å². The van der Waals surface area contributed by atoms with Gasteiger partial charge in [0.1, 0.15) is 0 Å². The molecule has 5 nitrogen and oxygen atoms in total. The SMILES string of the molecule is CC(=O)Nc1ccc(C(=O)N2CCC(OC(C)C)CC2)cc1. The van der Waals surface area contributed by atoms with Gasteiger partial charge in [0, 0.05) is 31.3 Å². The summed E-state index contributed by atoms with van der Waals surface area (Å²) in [4.78, 5) is 25.3. The Kier molecular flexibility index (Phi) is 5.55. The fraction of sp³-hybridized carbons (Fsp3) is 0.529. The first-order chi connectivity index (χ1) is 10.5. The smallest absolute Gasteiger partial charge is 0.253 e. The van der Waals surface area contributed by atoms with Crippen LogP contribution in [0.3, 0.4) is 0 Å². The van der Waals surface area contributed by atoms with Gasteiger partial charge in [0.25, 0.3) is 5.91 Å². The van der Waals surface area contributed by atoms with Crippen LogP contribution in [0.25, 0.3) is 0 Å². The highest BCUT2D eigenvalue weighted by Crippen LogP contribution is 2.18. The zero-order valence-corrected chi connectivity index (χ0v) is 13.5. The van der Waals surface area contributed by atoms with Gasteiger partial charge in [0.15, 0.2) is 0 Å². The van der Waals surface area contributed by atoms with Crippen LogP contribution in [0.1, 0.15) is 44.0 Å². The fourth-order valence-corrected chi connectivity index (χ4v) is 2.66. The number of rotatable bonds is 4. The van der Waals surface area contributed by atoms with Crippen LogP contribution >= 0.6 is 0 Å². The molecule has 1 aromatic rings. The second kappa shape index (κ2) is 7.40. The lowest BCUT2D eigenvalue weighted by molar-refractivity contribution is -0.114. The van der Waals surface area contributed by atoms with Gasteiger partial charge in [0.2, 0.25) is 5.91 Å². The minimum absolute atomic E-state index is 0.0392. The van der Waals surface area contributed by atoms with Crippen LogP contribution < -0.4 is 5.32 Å². The van der Waals surface area contributed by atoms with E-state index in [1.165, 1.54) is 6.92 Å². The van der Waals surface area contributed by atoms with Crippen molar-refractivity contribution in [1.29, 1.82) is 0 Å². The Hall–Kier alpha value is -1.88. The van der Waals surface area contributed by atoms with Crippen molar-refractivity contribution in [2.75, 3.05) is 18.4 Å². The van der Waals surface area contributed by atoms with Crippen LogP contribution in [0.5, 0.6) is 0 Å². The number of carbonyl (C=O) groups is 2. The highest BCUT2D eigenvalue weighted by Gasteiger charge is 2.24. The standard InChI is InChI=1S/C17H24N2O3/c1-12(2)22-16-8-10-19(11-9-16)17(21)14-4-6-15(7-5-14)18-13(3)20/h4-7,12,16H,8-11H2,1-3H3,(H,18,20). The number of ether oxygens (including phenoxy) is 1. The van der Waals surface area contributed by atoms with Crippen molar-refractivity contribution in [2.45, 2.75) is 45.8 Å². The van der Waals surface area contributed by atoms with Gasteiger partial charge in [-0.2, -0.15) is 0 Å². The van der Waals surface area contributed by atoms with Gasteiger partial charge in [-0.3, -0.25) is 9.59 Å². The molecule has 0 spiro atoms. The highest BCUT2D eigenvalue weighted by molar-refractivity contribution is 5.95. The number of nitrogens with zero attached hydrogens (tertiary/aromatic N) is 1. The molecule has 0 aliphatic carbocycles. The molecule has 1 aliphatic rings. The number of nitrogens with one attached hydrogen (secondary N) is 1. The van der Waals surface area contributed by atoms with E-state index in [0.29, 0.717) is 11.3 Å². The van der Waals surface area contributed by atoms with Gasteiger partial charge in [-0.15, -0.1) is 0 Å². The van der Waals surface area contributed by atoms with Gasteiger partial charge < -0.3 is 15.0 Å². The van der Waals surface area contributed by atoms with Crippen molar-refractivity contribution in [2.24, 2.45) is 0 Å². The molecular weight excluding hydrogens is 280 g/mol. The van der Waals surface area contributed by atoms with E-state index >= 15 is 0 Å². The molecule has 120 valence electrons. The zero-order chi connectivity index (χ0) is 16.1. The first-order valence-corrected chi connectivity index (χ1v) is 7.78. The third kappa shape index (κ3) is 4.56. The lowest BCUT2D eigenvalue weighted by atomic mass is 10.1. The number of piperidine rings is 1. The van der Waals surface area contributed by atoms with Crippen molar-refractivity contribution in [1.82, 2.24) is 4.90 Å². The summed E-state index contributed by atoms with van der Waals surface area (Å²) in [5, 5.41) is 2.69. The molecule has 0 radical (unpaired) electrons. The number of benzene rings is 1. The van der Waals surface area contributed by atoms with Gasteiger partial charge in [-0.05, 0) is 51.0 Å². The van der Waals surface area contributed by atoms with Crippen molar-refractivity contribution in [3.8, 4) is 0 Å². The van der Waals surface area contributed by atoms with E-state index in [2.05, 4.69) is 5.32 Å². The van der Waals surface area contributed by atoms with Crippen molar-refractivity contribution in [3.05, 3.63) is 29.8 Å². The Balaban J connectivity index is 1.91. The Morgan fingerprint density at radius 2 is 1.77 bits per heavy atom. The van der Waals surface area contributed by atoms with Crippen LogP contribution in [0, 0.1) is 0 Å². The summed E-state index contributed by atoms with van der Waals surface area (Å²) in [5.41, 5.74) is 1.35. The third-order valence-corrected chi connectivity index (χ3v) is 3.65. The molecule has 1 N–H and O–H groups in total. The van der Waals surface area contributed by atoms with Crippen LogP contribution in [0.4, 0.5) is 5.69 Å². The van der Waals surface area contributed by atoms with E-state index in [4.69, 9.17) is 4.74 Å². The van der Waals surface area contributed by atoms with E-state index < -0.39 is 0 Å². The molecule has 0 unspecified atom stereocenters. The monoisotopic (exact) mass is 304 g/mol. The van der Waals surface area contributed by atoms with Crippen LogP contribution in [-0.2, 0) is 9.53 Å². The second-order valence-corrected chi connectivity index (χ2v) is 5.93. The summed E-state index contributed by atoms with van der Waals surface area (Å²) < 4.78 is 5.80. The number of amides is 2. The summed E-state index contributed by atoms with van der Waals surface area (Å²) in [6.45, 7) is 6.98. The summed E-state index contributed by atoms with van der Waals surface area (Å²) in [7, 11) is 0. The maximum atomic E-state index is 12.5. The Morgan fingerprint density at radius 3 is 2.27 bits per heavy atom. The van der Waals surface area contributed by atoms with E-state index in [-0.39, 0.29) is 24.0 Å². The predicted octanol–water partition coefficient (Wildman–Crippen LogP) is 2.67. The molecule has 0 bridgehead atoms. The molecule has 0 atom stereocenters. The second-order valence-electron chi connectivity index (χ2n) is 5.93. The molecule has 1 saturated heterocycles. The van der Waals surface area contributed by atoms with Crippen LogP contribution in [0.2, 0.25) is 0 Å². The largest absolute Gasteiger partial charge is 0.375 e. The van der Waals surface area contributed by atoms with Gasteiger partial charge in [-0.25, -0.2) is 0 Å². The quantitative estimate of drug-likeness (QED) is 0.930. The average Bonchev–Trinajstić information content (AvgIpc) is 2.47. The molecule has 0 saturated carbocycles. The average molecular weight is 304 g/mol. The molecule has 1 aliphatic heterocycles. The molecule has 1 aromatic carbocycles. The Labute approximate surface area is 131 Å². The third-order valence-electron chi connectivity index (χ3n) is 3.65. The van der Waals surface area contributed by atoms with E-state index in [1.54, 1.807) is 24.3 Å². The molecule has 0 aromatic heterocycles. The molecule has 1 fully saturated rings. The summed E-state index contributed by atoms with van der Waals surface area (Å²) in [6, 6.07) is 7.02. The predicted molar refractivity (Wildman–Crippen MR) is 85.9 cm³/mol. The number of likely N-dealkylation sites (tertiary alicyclic amines) is 1. The van der Waals surface area contributed by atoms with Crippen molar-refractivity contribution in [3.63, 3.8) is 0 Å². The first-order valence-electron chi connectivity index (χ1n) is 7.78. The van der Waals surface area contributed by atoms with E-state index in [9.17, 15) is 9.59 Å². The highest BCUT2D eigenvalue weighted by atomic mass is 16.5. The van der Waals surface area contributed by atoms with Gasteiger partial charge >= 0.3 is 0 Å². The normalized spacial score (nSPS) is 15.9. The number of anilines is 1. The molecule has 2 amide bonds. The van der Waals surface area contributed by atoms with E-state index in [0.717, 1.165) is 25.9 Å². The summed E-state index contributed by atoms with van der Waals surface area (Å²) in [6.07, 6.45) is 2.25. The maximum Gasteiger partial charge on any atom is 0.253 e. The first kappa shape index (κ1) is 16.5. The van der Waals surface area contributed by atoms with Crippen molar-refractivity contribution >= 4 is 17.5 Å². The Morgan fingerprint density at radius 1 is 1.18 bits per heavy atom. The minimum atomic E-state index is -0.119. The molecule has 5 heteroatoms. The molecule has 1 heterocycles. The number of hydrogen-bond donors (Lipinski definition) is 1. The van der Waals surface area contributed by atoms with Gasteiger partial charge in [0.05, 0.1) is 12.2 Å².